The Bertz CT molecular complexity index is 1410. The van der Waals surface area contributed by atoms with E-state index in [1.54, 1.807) is 11.8 Å². The van der Waals surface area contributed by atoms with E-state index >= 15 is 0 Å². The highest BCUT2D eigenvalue weighted by Gasteiger charge is 2.45. The molecule has 1 unspecified atom stereocenters. The molecule has 2 aromatic carbocycles. The number of thioether (sulfide) groups is 1. The van der Waals surface area contributed by atoms with Crippen molar-refractivity contribution in [3.63, 3.8) is 0 Å². The Kier molecular flexibility index (Phi) is 4.71. The van der Waals surface area contributed by atoms with E-state index in [-0.39, 0.29) is 17.1 Å². The van der Waals surface area contributed by atoms with Crippen LogP contribution in [0.15, 0.2) is 50.5 Å². The van der Waals surface area contributed by atoms with Gasteiger partial charge in [-0.1, -0.05) is 23.5 Å². The van der Waals surface area contributed by atoms with Crippen LogP contribution in [-0.2, 0) is 0 Å². The summed E-state index contributed by atoms with van der Waals surface area (Å²) in [6, 6.07) is 10.9. The van der Waals surface area contributed by atoms with E-state index < -0.39 is 6.04 Å². The van der Waals surface area contributed by atoms with Crippen LogP contribution in [0.2, 0.25) is 0 Å². The second kappa shape index (κ2) is 7.32. The largest absolute Gasteiger partial charge is 0.450 e. The van der Waals surface area contributed by atoms with Gasteiger partial charge in [0, 0.05) is 4.90 Å². The van der Waals surface area contributed by atoms with Crippen LogP contribution in [0.3, 0.4) is 0 Å². The molecule has 2 aromatic heterocycles. The fourth-order valence-corrected chi connectivity index (χ4v) is 5.03. The van der Waals surface area contributed by atoms with Crippen LogP contribution in [0.5, 0.6) is 0 Å². The number of hydrogen-bond donors (Lipinski definition) is 0. The van der Waals surface area contributed by atoms with Crippen molar-refractivity contribution in [2.24, 2.45) is 0 Å². The van der Waals surface area contributed by atoms with Crippen LogP contribution in [0.25, 0.3) is 11.0 Å². The SMILES string of the molecule is CSc1ccc(C2c3c(oc4cc(C)c(C)cc4c3=O)C(=O)N2c2nnc(C)s2)cc1. The van der Waals surface area contributed by atoms with Crippen LogP contribution in [0.4, 0.5) is 5.13 Å². The number of carbonyl (C=O) groups excluding carboxylic acids is 1. The van der Waals surface area contributed by atoms with Crippen molar-refractivity contribution in [3.05, 3.63) is 79.6 Å². The molecule has 156 valence electrons. The number of fused-ring (bicyclic) bond motifs is 2. The lowest BCUT2D eigenvalue weighted by atomic mass is 9.97. The number of rotatable bonds is 3. The zero-order valence-corrected chi connectivity index (χ0v) is 19.1. The molecule has 8 heteroatoms. The van der Waals surface area contributed by atoms with Gasteiger partial charge in [0.05, 0.1) is 17.0 Å². The van der Waals surface area contributed by atoms with Crippen LogP contribution in [-0.4, -0.2) is 22.4 Å². The lowest BCUT2D eigenvalue weighted by molar-refractivity contribution is 0.0970. The first-order valence-electron chi connectivity index (χ1n) is 9.74. The van der Waals surface area contributed by atoms with E-state index in [0.29, 0.717) is 21.7 Å². The van der Waals surface area contributed by atoms with Gasteiger partial charge in [0.1, 0.15) is 10.6 Å². The minimum atomic E-state index is -0.618. The maximum absolute atomic E-state index is 13.6. The number of aryl methyl sites for hydroxylation is 3. The Morgan fingerprint density at radius 3 is 2.39 bits per heavy atom. The van der Waals surface area contributed by atoms with Crippen molar-refractivity contribution >= 4 is 45.1 Å². The normalized spacial score (nSPS) is 15.7. The Morgan fingerprint density at radius 1 is 1.03 bits per heavy atom. The van der Waals surface area contributed by atoms with Crippen molar-refractivity contribution in [2.75, 3.05) is 11.2 Å². The lowest BCUT2D eigenvalue weighted by Gasteiger charge is -2.22. The zero-order valence-electron chi connectivity index (χ0n) is 17.4. The molecule has 0 fully saturated rings. The molecule has 0 aliphatic carbocycles. The molecule has 1 amide bonds. The van der Waals surface area contributed by atoms with E-state index in [4.69, 9.17) is 4.42 Å². The van der Waals surface area contributed by atoms with E-state index in [0.717, 1.165) is 26.6 Å². The highest BCUT2D eigenvalue weighted by atomic mass is 32.2. The molecular weight excluding hydrogens is 430 g/mol. The summed E-state index contributed by atoms with van der Waals surface area (Å²) in [5.74, 6) is -0.296. The molecule has 1 aliphatic heterocycles. The fraction of sp³-hybridized carbons (Fsp3) is 0.217. The monoisotopic (exact) mass is 449 g/mol. The topological polar surface area (TPSA) is 76.3 Å². The molecule has 0 N–H and O–H groups in total. The van der Waals surface area contributed by atoms with Crippen molar-refractivity contribution in [3.8, 4) is 0 Å². The highest BCUT2D eigenvalue weighted by Crippen LogP contribution is 2.42. The summed E-state index contributed by atoms with van der Waals surface area (Å²) in [5.41, 5.74) is 3.42. The minimum absolute atomic E-state index is 0.0764. The summed E-state index contributed by atoms with van der Waals surface area (Å²) in [4.78, 5) is 29.8. The van der Waals surface area contributed by atoms with Gasteiger partial charge in [0.15, 0.2) is 5.43 Å². The standard InChI is InChI=1S/C23H19N3O3S2/c1-11-9-16-17(10-12(11)2)29-21-18(20(16)27)19(14-5-7-15(30-4)8-6-14)26(22(21)28)23-25-24-13(3)31-23/h5-10,19H,1-4H3. The average Bonchev–Trinajstić information content (AvgIpc) is 3.31. The maximum atomic E-state index is 13.6. The summed E-state index contributed by atoms with van der Waals surface area (Å²) >= 11 is 2.95. The number of benzene rings is 2. The van der Waals surface area contributed by atoms with E-state index in [9.17, 15) is 9.59 Å². The maximum Gasteiger partial charge on any atom is 0.297 e. The van der Waals surface area contributed by atoms with Gasteiger partial charge in [0.25, 0.3) is 5.91 Å². The first kappa shape index (κ1) is 20.0. The van der Waals surface area contributed by atoms with Gasteiger partial charge in [-0.2, -0.15) is 0 Å². The second-order valence-electron chi connectivity index (χ2n) is 7.56. The molecule has 1 aliphatic rings. The summed E-state index contributed by atoms with van der Waals surface area (Å²) < 4.78 is 6.05. The molecule has 0 saturated carbocycles. The third kappa shape index (κ3) is 3.09. The Balaban J connectivity index is 1.80. The number of nitrogens with zero attached hydrogens (tertiary/aromatic N) is 3. The molecule has 0 bridgehead atoms. The van der Waals surface area contributed by atoms with Gasteiger partial charge >= 0.3 is 0 Å². The molecule has 6 nitrogen and oxygen atoms in total. The van der Waals surface area contributed by atoms with Gasteiger partial charge in [0.2, 0.25) is 10.9 Å². The quantitative estimate of drug-likeness (QED) is 0.408. The number of carbonyl (C=O) groups is 1. The third-order valence-electron chi connectivity index (χ3n) is 5.64. The Morgan fingerprint density at radius 2 is 1.74 bits per heavy atom. The average molecular weight is 450 g/mol. The van der Waals surface area contributed by atoms with Crippen LogP contribution >= 0.6 is 23.1 Å². The summed E-state index contributed by atoms with van der Waals surface area (Å²) in [7, 11) is 0. The van der Waals surface area contributed by atoms with Crippen molar-refractivity contribution in [1.82, 2.24) is 10.2 Å². The first-order valence-corrected chi connectivity index (χ1v) is 11.8. The number of amides is 1. The van der Waals surface area contributed by atoms with E-state index in [1.165, 1.54) is 16.2 Å². The molecule has 31 heavy (non-hydrogen) atoms. The molecule has 0 spiro atoms. The number of hydrogen-bond acceptors (Lipinski definition) is 7. The van der Waals surface area contributed by atoms with Gasteiger partial charge in [-0.05, 0) is 68.0 Å². The summed E-state index contributed by atoms with van der Waals surface area (Å²) in [6.45, 7) is 5.75. The van der Waals surface area contributed by atoms with Gasteiger partial charge in [-0.25, -0.2) is 0 Å². The molecule has 0 saturated heterocycles. The predicted octanol–water partition coefficient (Wildman–Crippen LogP) is 5.04. The number of anilines is 1. The van der Waals surface area contributed by atoms with Crippen LogP contribution < -0.4 is 10.3 Å². The molecule has 1 atom stereocenters. The van der Waals surface area contributed by atoms with Crippen LogP contribution in [0, 0.1) is 20.8 Å². The predicted molar refractivity (Wildman–Crippen MR) is 123 cm³/mol. The number of aromatic nitrogens is 2. The molecule has 3 heterocycles. The molecule has 5 rings (SSSR count). The second-order valence-corrected chi connectivity index (χ2v) is 9.60. The first-order chi connectivity index (χ1) is 14.9. The van der Waals surface area contributed by atoms with E-state index in [2.05, 4.69) is 10.2 Å². The minimum Gasteiger partial charge on any atom is -0.450 e. The molecular formula is C23H19N3O3S2. The van der Waals surface area contributed by atoms with Gasteiger partial charge in [-0.15, -0.1) is 22.0 Å². The van der Waals surface area contributed by atoms with Gasteiger partial charge in [-0.3, -0.25) is 14.5 Å². The van der Waals surface area contributed by atoms with Crippen molar-refractivity contribution in [1.29, 1.82) is 0 Å². The van der Waals surface area contributed by atoms with Crippen molar-refractivity contribution < 1.29 is 9.21 Å². The fourth-order valence-electron chi connectivity index (χ4n) is 3.91. The molecule has 0 radical (unpaired) electrons. The Labute approximate surface area is 186 Å². The lowest BCUT2D eigenvalue weighted by Crippen LogP contribution is -2.29. The third-order valence-corrected chi connectivity index (χ3v) is 7.22. The van der Waals surface area contributed by atoms with E-state index in [1.807, 2.05) is 63.4 Å². The van der Waals surface area contributed by atoms with Crippen molar-refractivity contribution in [2.45, 2.75) is 31.7 Å². The summed E-state index contributed by atoms with van der Waals surface area (Å²) in [5, 5.41) is 9.94. The summed E-state index contributed by atoms with van der Waals surface area (Å²) in [6.07, 6.45) is 2.00. The Hall–Kier alpha value is -2.97. The van der Waals surface area contributed by atoms with Gasteiger partial charge < -0.3 is 4.42 Å². The smallest absolute Gasteiger partial charge is 0.297 e. The van der Waals surface area contributed by atoms with Crippen LogP contribution in [0.1, 0.15) is 43.9 Å². The zero-order chi connectivity index (χ0) is 21.9. The molecule has 4 aromatic rings. The highest BCUT2D eigenvalue weighted by molar-refractivity contribution is 7.98.